The molecule has 0 unspecified atom stereocenters. The van der Waals surface area contributed by atoms with Crippen molar-refractivity contribution >= 4 is 17.4 Å². The molecule has 0 fully saturated rings. The van der Waals surface area contributed by atoms with E-state index in [2.05, 4.69) is 15.4 Å². The number of urea groups is 1. The maximum atomic E-state index is 11.8. The van der Waals surface area contributed by atoms with Crippen LogP contribution in [0.1, 0.15) is 16.7 Å². The van der Waals surface area contributed by atoms with Crippen molar-refractivity contribution in [3.8, 4) is 0 Å². The van der Waals surface area contributed by atoms with Gasteiger partial charge in [-0.25, -0.2) is 4.79 Å². The second-order valence-corrected chi connectivity index (χ2v) is 6.31. The van der Waals surface area contributed by atoms with Crippen LogP contribution in [0.15, 0.2) is 84.9 Å². The van der Waals surface area contributed by atoms with Crippen molar-refractivity contribution in [2.24, 2.45) is 0 Å². The number of amides is 2. The van der Waals surface area contributed by atoms with Crippen LogP contribution in [0.2, 0.25) is 0 Å². The average Bonchev–Trinajstić information content (AvgIpc) is 2.76. The number of nitrogens with zero attached hydrogens (tertiary/aromatic N) is 2. The summed E-state index contributed by atoms with van der Waals surface area (Å²) in [7, 11) is 0. The normalized spacial score (nSPS) is 10.1. The molecule has 2 N–H and O–H groups in total. The summed E-state index contributed by atoms with van der Waals surface area (Å²) < 4.78 is 5.61. The molecule has 2 amide bonds. The summed E-state index contributed by atoms with van der Waals surface area (Å²) in [5.74, 6) is 0. The molecule has 6 nitrogen and oxygen atoms in total. The molecule has 0 aliphatic carbocycles. The van der Waals surface area contributed by atoms with E-state index in [-0.39, 0.29) is 6.03 Å². The van der Waals surface area contributed by atoms with Crippen molar-refractivity contribution < 1.29 is 14.3 Å². The van der Waals surface area contributed by atoms with E-state index in [0.717, 1.165) is 22.4 Å². The van der Waals surface area contributed by atoms with Gasteiger partial charge in [0.15, 0.2) is 0 Å². The topological polar surface area (TPSA) is 86.8 Å². The number of carbonyl (C=O) groups excluding carboxylic acids is 1. The molecule has 0 saturated heterocycles. The zero-order chi connectivity index (χ0) is 20.3. The molecule has 0 saturated carbocycles. The lowest BCUT2D eigenvalue weighted by atomic mass is 10.0. The zero-order valence-electron chi connectivity index (χ0n) is 15.9. The first-order valence-electron chi connectivity index (χ1n) is 9.30. The molecule has 3 aromatic rings. The molecule has 3 aromatic carbocycles. The van der Waals surface area contributed by atoms with E-state index in [1.165, 1.54) is 0 Å². The summed E-state index contributed by atoms with van der Waals surface area (Å²) in [6, 6.07) is 26.2. The van der Waals surface area contributed by atoms with Crippen LogP contribution >= 0.6 is 0 Å². The van der Waals surface area contributed by atoms with E-state index in [1.807, 2.05) is 84.9 Å². The number of carbonyl (C=O) groups is 1. The Labute approximate surface area is 169 Å². The van der Waals surface area contributed by atoms with Crippen LogP contribution in [0.3, 0.4) is 0 Å². The largest absolute Gasteiger partial charge is 0.375 e. The Morgan fingerprint density at radius 3 is 2.14 bits per heavy atom. The molecule has 0 bridgehead atoms. The van der Waals surface area contributed by atoms with Crippen LogP contribution in [0.25, 0.3) is 5.53 Å². The quantitative estimate of drug-likeness (QED) is 0.264. The molecular weight excluding hydrogens is 364 g/mol. The molecule has 0 aliphatic rings. The van der Waals surface area contributed by atoms with Crippen molar-refractivity contribution in [1.82, 2.24) is 5.32 Å². The summed E-state index contributed by atoms with van der Waals surface area (Å²) >= 11 is 0. The fourth-order valence-corrected chi connectivity index (χ4v) is 2.76. The molecule has 0 radical (unpaired) electrons. The number of hydrogen-bond acceptors (Lipinski definition) is 2. The van der Waals surface area contributed by atoms with Crippen molar-refractivity contribution in [3.05, 3.63) is 107 Å². The summed E-state index contributed by atoms with van der Waals surface area (Å²) in [6.07, 6.45) is 0. The Bertz CT molecular complexity index is 967. The third-order valence-electron chi connectivity index (χ3n) is 4.21. The van der Waals surface area contributed by atoms with Gasteiger partial charge in [-0.3, -0.25) is 0 Å². The lowest BCUT2D eigenvalue weighted by Crippen LogP contribution is -2.31. The Kier molecular flexibility index (Phi) is 7.29. The molecule has 0 heterocycles. The van der Waals surface area contributed by atoms with Crippen molar-refractivity contribution in [2.45, 2.75) is 6.61 Å². The van der Waals surface area contributed by atoms with Crippen LogP contribution in [0.4, 0.5) is 10.5 Å². The smallest absolute Gasteiger partial charge is 0.329 e. The zero-order valence-corrected chi connectivity index (χ0v) is 15.9. The highest BCUT2D eigenvalue weighted by molar-refractivity contribution is 6.09. The van der Waals surface area contributed by atoms with Crippen molar-refractivity contribution in [1.29, 1.82) is 0 Å². The molecule has 0 aromatic heterocycles. The number of rotatable bonds is 8. The first kappa shape index (κ1) is 20.0. The van der Waals surface area contributed by atoms with E-state index in [1.54, 1.807) is 0 Å². The van der Waals surface area contributed by atoms with Gasteiger partial charge in [-0.2, -0.15) is 4.79 Å². The number of ether oxygens (including phenoxy) is 1. The molecule has 0 atom stereocenters. The molecule has 29 heavy (non-hydrogen) atoms. The van der Waals surface area contributed by atoms with E-state index in [0.29, 0.717) is 25.5 Å². The monoisotopic (exact) mass is 386 g/mol. The van der Waals surface area contributed by atoms with Crippen LogP contribution in [0.5, 0.6) is 0 Å². The van der Waals surface area contributed by atoms with E-state index in [4.69, 9.17) is 4.74 Å². The van der Waals surface area contributed by atoms with Crippen LogP contribution in [0, 0.1) is 0 Å². The van der Waals surface area contributed by atoms with Gasteiger partial charge in [0.1, 0.15) is 0 Å². The maximum absolute atomic E-state index is 11.8. The highest BCUT2D eigenvalue weighted by Crippen LogP contribution is 2.11. The van der Waals surface area contributed by atoms with Crippen LogP contribution < -0.4 is 10.6 Å². The second-order valence-electron chi connectivity index (χ2n) is 6.31. The fraction of sp³-hybridized carbons (Fsp3) is 0.130. The van der Waals surface area contributed by atoms with Gasteiger partial charge < -0.3 is 20.9 Å². The van der Waals surface area contributed by atoms with Gasteiger partial charge in [-0.1, -0.05) is 48.5 Å². The number of anilines is 1. The predicted octanol–water partition coefficient (Wildman–Crippen LogP) is 4.09. The van der Waals surface area contributed by atoms with E-state index >= 15 is 0 Å². The molecule has 0 aliphatic heterocycles. The highest BCUT2D eigenvalue weighted by Gasteiger charge is 2.14. The number of benzene rings is 3. The van der Waals surface area contributed by atoms with Crippen LogP contribution in [-0.2, 0) is 11.3 Å². The Hall–Kier alpha value is -3.73. The summed E-state index contributed by atoms with van der Waals surface area (Å²) in [4.78, 5) is 15.2. The first-order valence-corrected chi connectivity index (χ1v) is 9.30. The lowest BCUT2D eigenvalue weighted by molar-refractivity contribution is -0.00279. The highest BCUT2D eigenvalue weighted by atomic mass is 16.5. The van der Waals surface area contributed by atoms with Gasteiger partial charge in [0.2, 0.25) is 0 Å². The summed E-state index contributed by atoms with van der Waals surface area (Å²) in [5.41, 5.74) is 13.3. The number of para-hydroxylation sites is 1. The Morgan fingerprint density at radius 1 is 0.862 bits per heavy atom. The third-order valence-corrected chi connectivity index (χ3v) is 4.21. The van der Waals surface area contributed by atoms with Gasteiger partial charge in [0.25, 0.3) is 0 Å². The average molecular weight is 386 g/mol. The van der Waals surface area contributed by atoms with Gasteiger partial charge in [0.05, 0.1) is 24.3 Å². The second kappa shape index (κ2) is 10.6. The summed E-state index contributed by atoms with van der Waals surface area (Å²) in [6.45, 7) is 1.24. The van der Waals surface area contributed by atoms with Crippen molar-refractivity contribution in [3.63, 3.8) is 0 Å². The molecular formula is C23H22N4O2. The number of hydrogen-bond donors (Lipinski definition) is 2. The Balaban J connectivity index is 1.41. The van der Waals surface area contributed by atoms with Crippen LogP contribution in [-0.4, -0.2) is 29.7 Å². The van der Waals surface area contributed by atoms with Gasteiger partial charge in [-0.05, 0) is 42.0 Å². The van der Waals surface area contributed by atoms with Crippen molar-refractivity contribution in [2.75, 3.05) is 18.5 Å². The van der Waals surface area contributed by atoms with E-state index in [9.17, 15) is 10.3 Å². The molecule has 0 spiro atoms. The van der Waals surface area contributed by atoms with Gasteiger partial charge in [0, 0.05) is 12.2 Å². The Morgan fingerprint density at radius 2 is 1.48 bits per heavy atom. The fourth-order valence-electron chi connectivity index (χ4n) is 2.76. The standard InChI is InChI=1S/C23H22N4O2/c24-27-22(19-7-3-1-4-8-19)20-13-11-18(12-14-20)17-29-16-15-25-23(28)26-21-9-5-2-6-10-21/h1-14H,15-17H2,(H2,25,26,28). The minimum absolute atomic E-state index is 0.263. The SMILES string of the molecule is [N-]=[N+]=C(c1ccccc1)c1ccc(COCCNC(=O)Nc2ccccc2)cc1. The molecule has 146 valence electrons. The minimum atomic E-state index is -0.263. The maximum Gasteiger partial charge on any atom is 0.329 e. The third kappa shape index (κ3) is 6.14. The van der Waals surface area contributed by atoms with Gasteiger partial charge in [-0.15, -0.1) is 0 Å². The first-order chi connectivity index (χ1) is 14.3. The minimum Gasteiger partial charge on any atom is -0.375 e. The molecule has 6 heteroatoms. The lowest BCUT2D eigenvalue weighted by Gasteiger charge is -2.08. The van der Waals surface area contributed by atoms with Gasteiger partial charge >= 0.3 is 11.7 Å². The van der Waals surface area contributed by atoms with E-state index < -0.39 is 0 Å². The molecule has 3 rings (SSSR count). The number of nitrogens with one attached hydrogen (secondary N) is 2. The summed E-state index contributed by atoms with van der Waals surface area (Å²) in [5, 5.41) is 5.50. The predicted molar refractivity (Wildman–Crippen MR) is 113 cm³/mol.